The Labute approximate surface area is 128 Å². The maximum absolute atomic E-state index is 4.47. The zero-order valence-corrected chi connectivity index (χ0v) is 13.3. The maximum atomic E-state index is 4.47. The first-order valence-electron chi connectivity index (χ1n) is 6.33. The van der Waals surface area contributed by atoms with E-state index in [1.807, 2.05) is 28.5 Å². The summed E-state index contributed by atoms with van der Waals surface area (Å²) >= 11 is 0.343. The van der Waals surface area contributed by atoms with Gasteiger partial charge in [0.2, 0.25) is 0 Å². The van der Waals surface area contributed by atoms with Gasteiger partial charge in [-0.15, -0.1) is 0 Å². The van der Waals surface area contributed by atoms with E-state index in [2.05, 4.69) is 65.6 Å². The Bertz CT molecular complexity index is 671. The third-order valence-corrected chi connectivity index (χ3v) is 7.14. The van der Waals surface area contributed by atoms with Crippen molar-refractivity contribution in [3.05, 3.63) is 79.0 Å². The number of nitrogens with zero attached hydrogens (tertiary/aromatic N) is 1. The predicted molar refractivity (Wildman–Crippen MR) is 87.4 cm³/mol. The van der Waals surface area contributed by atoms with E-state index in [0.717, 1.165) is 5.69 Å². The molecule has 0 bridgehead atoms. The van der Waals surface area contributed by atoms with E-state index in [1.54, 1.807) is 0 Å². The van der Waals surface area contributed by atoms with Crippen LogP contribution < -0.4 is 4.46 Å². The van der Waals surface area contributed by atoms with Crippen LogP contribution in [-0.4, -0.2) is 18.8 Å². The molecule has 0 spiro atoms. The first-order chi connectivity index (χ1) is 9.93. The summed E-state index contributed by atoms with van der Waals surface area (Å²) in [5, 5.41) is 0. The van der Waals surface area contributed by atoms with Gasteiger partial charge in [-0.25, -0.2) is 0 Å². The van der Waals surface area contributed by atoms with Crippen molar-refractivity contribution in [3.63, 3.8) is 0 Å². The Balaban J connectivity index is 1.84. The molecule has 0 aliphatic heterocycles. The molecule has 1 heterocycles. The number of aromatic nitrogens is 1. The SMILES string of the molecule is c1ccc(S[Se]c2ccccc2-c2ccccn2)cc1. The summed E-state index contributed by atoms with van der Waals surface area (Å²) in [6.07, 6.45) is 1.85. The molecule has 0 radical (unpaired) electrons. The van der Waals surface area contributed by atoms with Gasteiger partial charge < -0.3 is 0 Å². The molecule has 3 aromatic rings. The summed E-state index contributed by atoms with van der Waals surface area (Å²) in [7, 11) is 1.92. The van der Waals surface area contributed by atoms with E-state index in [0.29, 0.717) is 13.8 Å². The Morgan fingerprint density at radius 2 is 1.50 bits per heavy atom. The molecule has 3 rings (SSSR count). The van der Waals surface area contributed by atoms with Gasteiger partial charge in [0.25, 0.3) is 0 Å². The van der Waals surface area contributed by atoms with Gasteiger partial charge in [0.15, 0.2) is 0 Å². The van der Waals surface area contributed by atoms with Crippen LogP contribution in [0.15, 0.2) is 83.9 Å². The molecule has 0 saturated carbocycles. The van der Waals surface area contributed by atoms with Gasteiger partial charge in [0.1, 0.15) is 0 Å². The molecular formula is C17H13NSSe. The first-order valence-corrected chi connectivity index (χ1v) is 10.0. The van der Waals surface area contributed by atoms with Crippen LogP contribution in [0.5, 0.6) is 0 Å². The fourth-order valence-electron chi connectivity index (χ4n) is 1.84. The minimum absolute atomic E-state index is 0.343. The number of hydrogen-bond acceptors (Lipinski definition) is 2. The van der Waals surface area contributed by atoms with E-state index in [9.17, 15) is 0 Å². The number of pyridine rings is 1. The monoisotopic (exact) mass is 343 g/mol. The second kappa shape index (κ2) is 6.76. The minimum atomic E-state index is 0.343. The van der Waals surface area contributed by atoms with Gasteiger partial charge in [0.05, 0.1) is 0 Å². The number of rotatable bonds is 4. The fraction of sp³-hybridized carbons (Fsp3) is 0. The molecule has 1 aromatic heterocycles. The van der Waals surface area contributed by atoms with Gasteiger partial charge >= 0.3 is 129 Å². The van der Waals surface area contributed by atoms with Gasteiger partial charge in [-0.3, -0.25) is 0 Å². The van der Waals surface area contributed by atoms with Crippen molar-refractivity contribution in [2.24, 2.45) is 0 Å². The van der Waals surface area contributed by atoms with Crippen LogP contribution >= 0.6 is 10.2 Å². The summed E-state index contributed by atoms with van der Waals surface area (Å²) in [5.74, 6) is 0. The second-order valence-electron chi connectivity index (χ2n) is 4.19. The normalized spacial score (nSPS) is 10.4. The average molecular weight is 342 g/mol. The zero-order valence-electron chi connectivity index (χ0n) is 10.8. The van der Waals surface area contributed by atoms with Crippen LogP contribution in [-0.2, 0) is 0 Å². The molecule has 98 valence electrons. The van der Waals surface area contributed by atoms with Crippen LogP contribution in [0.4, 0.5) is 0 Å². The summed E-state index contributed by atoms with van der Waals surface area (Å²) in [6, 6.07) is 25.2. The number of benzene rings is 2. The summed E-state index contributed by atoms with van der Waals surface area (Å²) in [4.78, 5) is 5.79. The van der Waals surface area contributed by atoms with E-state index < -0.39 is 0 Å². The third kappa shape index (κ3) is 3.31. The molecule has 2 aromatic carbocycles. The molecule has 0 unspecified atom stereocenters. The Kier molecular flexibility index (Phi) is 4.54. The summed E-state index contributed by atoms with van der Waals surface area (Å²) < 4.78 is 1.38. The zero-order chi connectivity index (χ0) is 13.6. The van der Waals surface area contributed by atoms with Crippen LogP contribution in [0.2, 0.25) is 0 Å². The van der Waals surface area contributed by atoms with Crippen LogP contribution in [0.3, 0.4) is 0 Å². The van der Waals surface area contributed by atoms with E-state index in [1.165, 1.54) is 14.9 Å². The fourth-order valence-corrected chi connectivity index (χ4v) is 5.75. The van der Waals surface area contributed by atoms with Gasteiger partial charge in [-0.1, -0.05) is 0 Å². The first kappa shape index (κ1) is 13.4. The van der Waals surface area contributed by atoms with Gasteiger partial charge in [-0.2, -0.15) is 0 Å². The molecular weight excluding hydrogens is 329 g/mol. The van der Waals surface area contributed by atoms with E-state index >= 15 is 0 Å². The molecule has 20 heavy (non-hydrogen) atoms. The molecule has 0 saturated heterocycles. The molecule has 0 aliphatic rings. The van der Waals surface area contributed by atoms with Crippen molar-refractivity contribution < 1.29 is 0 Å². The van der Waals surface area contributed by atoms with Crippen LogP contribution in [0, 0.1) is 0 Å². The molecule has 1 nitrogen and oxygen atoms in total. The van der Waals surface area contributed by atoms with E-state index in [4.69, 9.17) is 0 Å². The standard InChI is InChI=1S/C17H13NSSe/c1-2-8-14(9-3-1)19-20-17-12-5-4-10-15(17)16-11-6-7-13-18-16/h1-13H. The molecule has 0 amide bonds. The Morgan fingerprint density at radius 1 is 0.750 bits per heavy atom. The van der Waals surface area contributed by atoms with Gasteiger partial charge in [0, 0.05) is 0 Å². The molecule has 0 atom stereocenters. The van der Waals surface area contributed by atoms with Crippen molar-refractivity contribution in [1.29, 1.82) is 0 Å². The number of hydrogen-bond donors (Lipinski definition) is 0. The molecule has 0 aliphatic carbocycles. The summed E-state index contributed by atoms with van der Waals surface area (Å²) in [6.45, 7) is 0. The van der Waals surface area contributed by atoms with Crippen LogP contribution in [0.25, 0.3) is 11.3 Å². The van der Waals surface area contributed by atoms with Crippen molar-refractivity contribution in [3.8, 4) is 11.3 Å². The van der Waals surface area contributed by atoms with Gasteiger partial charge in [-0.05, 0) is 0 Å². The Morgan fingerprint density at radius 3 is 2.30 bits per heavy atom. The predicted octanol–water partition coefficient (Wildman–Crippen LogP) is 3.79. The topological polar surface area (TPSA) is 12.9 Å². The molecule has 0 N–H and O–H groups in total. The average Bonchev–Trinajstić information content (AvgIpc) is 2.55. The van der Waals surface area contributed by atoms with Crippen molar-refractivity contribution in [1.82, 2.24) is 4.98 Å². The third-order valence-electron chi connectivity index (χ3n) is 2.80. The van der Waals surface area contributed by atoms with Crippen molar-refractivity contribution in [2.75, 3.05) is 0 Å². The van der Waals surface area contributed by atoms with Crippen molar-refractivity contribution in [2.45, 2.75) is 4.90 Å². The summed E-state index contributed by atoms with van der Waals surface area (Å²) in [5.41, 5.74) is 2.30. The van der Waals surface area contributed by atoms with Crippen LogP contribution in [0.1, 0.15) is 0 Å². The quantitative estimate of drug-likeness (QED) is 0.669. The molecule has 3 heteroatoms. The van der Waals surface area contributed by atoms with E-state index in [-0.39, 0.29) is 0 Å². The molecule has 0 fully saturated rings. The Hall–Kier alpha value is -1.54. The second-order valence-corrected chi connectivity index (χ2v) is 8.02. The van der Waals surface area contributed by atoms with Crippen molar-refractivity contribution >= 4 is 28.5 Å².